The van der Waals surface area contributed by atoms with E-state index in [0.29, 0.717) is 12.3 Å². The van der Waals surface area contributed by atoms with Crippen LogP contribution >= 0.6 is 0 Å². The van der Waals surface area contributed by atoms with Crippen LogP contribution in [-0.4, -0.2) is 23.0 Å². The molecule has 1 aliphatic rings. The summed E-state index contributed by atoms with van der Waals surface area (Å²) in [6, 6.07) is 0.289. The van der Waals surface area contributed by atoms with E-state index in [0.717, 1.165) is 25.7 Å². The maximum Gasteiger partial charge on any atom is 0.303 e. The topological polar surface area (TPSA) is 66.4 Å². The van der Waals surface area contributed by atoms with Gasteiger partial charge in [-0.2, -0.15) is 0 Å². The lowest BCUT2D eigenvalue weighted by Crippen LogP contribution is -2.25. The van der Waals surface area contributed by atoms with Crippen LogP contribution in [0.4, 0.5) is 0 Å². The van der Waals surface area contributed by atoms with Crippen molar-refractivity contribution in [2.75, 3.05) is 0 Å². The summed E-state index contributed by atoms with van der Waals surface area (Å²) >= 11 is 0. The molecule has 1 amide bonds. The highest BCUT2D eigenvalue weighted by molar-refractivity contribution is 5.78. The first-order chi connectivity index (χ1) is 7.09. The number of aliphatic carboxylic acids is 1. The van der Waals surface area contributed by atoms with Gasteiger partial charge in [0.15, 0.2) is 0 Å². The molecule has 1 rings (SSSR count). The Morgan fingerprint density at radius 3 is 2.73 bits per heavy atom. The van der Waals surface area contributed by atoms with Crippen molar-refractivity contribution in [1.82, 2.24) is 5.32 Å². The average Bonchev–Trinajstić information content (AvgIpc) is 2.44. The molecule has 0 radical (unpaired) electrons. The Morgan fingerprint density at radius 1 is 1.47 bits per heavy atom. The fourth-order valence-electron chi connectivity index (χ4n) is 2.06. The van der Waals surface area contributed by atoms with Crippen LogP contribution in [0.15, 0.2) is 0 Å². The van der Waals surface area contributed by atoms with Crippen LogP contribution in [0, 0.1) is 5.92 Å². The summed E-state index contributed by atoms with van der Waals surface area (Å²) in [5.41, 5.74) is 0. The summed E-state index contributed by atoms with van der Waals surface area (Å²) in [7, 11) is 0. The molecule has 4 heteroatoms. The average molecular weight is 213 g/mol. The van der Waals surface area contributed by atoms with E-state index in [1.54, 1.807) is 0 Å². The molecule has 86 valence electrons. The zero-order valence-electron chi connectivity index (χ0n) is 9.16. The first-order valence-electron chi connectivity index (χ1n) is 5.60. The molecule has 4 nitrogen and oxygen atoms in total. The van der Waals surface area contributed by atoms with Gasteiger partial charge in [0.1, 0.15) is 0 Å². The third kappa shape index (κ3) is 4.32. The minimum Gasteiger partial charge on any atom is -0.481 e. The van der Waals surface area contributed by atoms with Crippen molar-refractivity contribution in [3.05, 3.63) is 0 Å². The van der Waals surface area contributed by atoms with E-state index in [4.69, 9.17) is 5.11 Å². The minimum atomic E-state index is -0.721. The molecule has 0 saturated carbocycles. The molecule has 1 fully saturated rings. The van der Waals surface area contributed by atoms with Gasteiger partial charge in [-0.3, -0.25) is 9.59 Å². The minimum absolute atomic E-state index is 0.151. The van der Waals surface area contributed by atoms with Crippen LogP contribution in [-0.2, 0) is 9.59 Å². The molecule has 0 aromatic rings. The standard InChI is InChI=1S/C11H19NO3/c1-8-9(7-10(13)12-8)5-3-2-4-6-11(14)15/h8-9H,2-7H2,1H3,(H,12,13)(H,14,15). The van der Waals surface area contributed by atoms with Crippen molar-refractivity contribution < 1.29 is 14.7 Å². The molecular formula is C11H19NO3. The van der Waals surface area contributed by atoms with Crippen LogP contribution < -0.4 is 5.32 Å². The fourth-order valence-corrected chi connectivity index (χ4v) is 2.06. The number of hydrogen-bond donors (Lipinski definition) is 2. The predicted molar refractivity (Wildman–Crippen MR) is 56.4 cm³/mol. The SMILES string of the molecule is CC1NC(=O)CC1CCCCCC(=O)O. The first-order valence-corrected chi connectivity index (χ1v) is 5.60. The summed E-state index contributed by atoms with van der Waals surface area (Å²) in [6.07, 6.45) is 4.65. The van der Waals surface area contributed by atoms with Crippen LogP contribution in [0.5, 0.6) is 0 Å². The van der Waals surface area contributed by atoms with E-state index in [1.165, 1.54) is 0 Å². The number of carboxylic acid groups (broad SMARTS) is 1. The summed E-state index contributed by atoms with van der Waals surface area (Å²) in [5, 5.41) is 11.3. The Bertz CT molecular complexity index is 240. The Hall–Kier alpha value is -1.06. The molecule has 0 aliphatic carbocycles. The second-order valence-corrected chi connectivity index (χ2v) is 4.31. The monoisotopic (exact) mass is 213 g/mol. The summed E-state index contributed by atoms with van der Waals surface area (Å²) in [5.74, 6) is -0.124. The number of amides is 1. The van der Waals surface area contributed by atoms with Gasteiger partial charge in [0, 0.05) is 18.9 Å². The summed E-state index contributed by atoms with van der Waals surface area (Å²) in [6.45, 7) is 2.03. The Morgan fingerprint density at radius 2 is 2.20 bits per heavy atom. The number of hydrogen-bond acceptors (Lipinski definition) is 2. The van der Waals surface area contributed by atoms with Crippen LogP contribution in [0.25, 0.3) is 0 Å². The number of carboxylic acids is 1. The van der Waals surface area contributed by atoms with Gasteiger partial charge in [-0.25, -0.2) is 0 Å². The molecule has 0 aromatic carbocycles. The zero-order valence-corrected chi connectivity index (χ0v) is 9.16. The molecule has 0 bridgehead atoms. The molecule has 15 heavy (non-hydrogen) atoms. The maximum absolute atomic E-state index is 11.1. The van der Waals surface area contributed by atoms with Gasteiger partial charge in [-0.1, -0.05) is 12.8 Å². The second kappa shape index (κ2) is 5.73. The van der Waals surface area contributed by atoms with E-state index >= 15 is 0 Å². The van der Waals surface area contributed by atoms with E-state index in [9.17, 15) is 9.59 Å². The quantitative estimate of drug-likeness (QED) is 0.658. The van der Waals surface area contributed by atoms with Gasteiger partial charge in [0.2, 0.25) is 5.91 Å². The highest BCUT2D eigenvalue weighted by Gasteiger charge is 2.27. The molecule has 2 N–H and O–H groups in total. The van der Waals surface area contributed by atoms with E-state index < -0.39 is 5.97 Å². The van der Waals surface area contributed by atoms with Crippen molar-refractivity contribution in [1.29, 1.82) is 0 Å². The lowest BCUT2D eigenvalue weighted by Gasteiger charge is -2.13. The van der Waals surface area contributed by atoms with Gasteiger partial charge in [0.05, 0.1) is 0 Å². The van der Waals surface area contributed by atoms with Crippen molar-refractivity contribution in [2.24, 2.45) is 5.92 Å². The lowest BCUT2D eigenvalue weighted by atomic mass is 9.95. The number of unbranched alkanes of at least 4 members (excludes halogenated alkanes) is 2. The first kappa shape index (κ1) is 12.0. The number of rotatable bonds is 6. The molecule has 0 aromatic heterocycles. The maximum atomic E-state index is 11.1. The molecule has 2 atom stereocenters. The molecular weight excluding hydrogens is 194 g/mol. The van der Waals surface area contributed by atoms with Gasteiger partial charge in [0.25, 0.3) is 0 Å². The van der Waals surface area contributed by atoms with E-state index in [1.807, 2.05) is 6.92 Å². The van der Waals surface area contributed by atoms with Gasteiger partial charge < -0.3 is 10.4 Å². The van der Waals surface area contributed by atoms with Crippen molar-refractivity contribution >= 4 is 11.9 Å². The van der Waals surface area contributed by atoms with E-state index in [-0.39, 0.29) is 18.4 Å². The molecule has 1 saturated heterocycles. The Kier molecular flexibility index (Phi) is 4.59. The molecule has 1 heterocycles. The second-order valence-electron chi connectivity index (χ2n) is 4.31. The smallest absolute Gasteiger partial charge is 0.303 e. The summed E-state index contributed by atoms with van der Waals surface area (Å²) < 4.78 is 0. The number of carbonyl (C=O) groups is 2. The number of carbonyl (C=O) groups excluding carboxylic acids is 1. The highest BCUT2D eigenvalue weighted by atomic mass is 16.4. The Labute approximate surface area is 90.0 Å². The molecule has 1 aliphatic heterocycles. The predicted octanol–water partition coefficient (Wildman–Crippen LogP) is 1.55. The van der Waals surface area contributed by atoms with Crippen molar-refractivity contribution in [2.45, 2.75) is 51.5 Å². The van der Waals surface area contributed by atoms with Gasteiger partial charge >= 0.3 is 5.97 Å². The van der Waals surface area contributed by atoms with Crippen molar-refractivity contribution in [3.8, 4) is 0 Å². The van der Waals surface area contributed by atoms with Crippen molar-refractivity contribution in [3.63, 3.8) is 0 Å². The molecule has 2 unspecified atom stereocenters. The third-order valence-electron chi connectivity index (χ3n) is 3.01. The lowest BCUT2D eigenvalue weighted by molar-refractivity contribution is -0.137. The number of nitrogens with one attached hydrogen (secondary N) is 1. The van der Waals surface area contributed by atoms with Gasteiger partial charge in [-0.05, 0) is 25.7 Å². The Balaban J connectivity index is 2.05. The van der Waals surface area contributed by atoms with Crippen LogP contribution in [0.2, 0.25) is 0 Å². The van der Waals surface area contributed by atoms with E-state index in [2.05, 4.69) is 5.32 Å². The third-order valence-corrected chi connectivity index (χ3v) is 3.01. The summed E-state index contributed by atoms with van der Waals surface area (Å²) in [4.78, 5) is 21.3. The zero-order chi connectivity index (χ0) is 11.3. The van der Waals surface area contributed by atoms with Crippen LogP contribution in [0.1, 0.15) is 45.4 Å². The van der Waals surface area contributed by atoms with Gasteiger partial charge in [-0.15, -0.1) is 0 Å². The normalized spacial score (nSPS) is 25.3. The largest absolute Gasteiger partial charge is 0.481 e. The highest BCUT2D eigenvalue weighted by Crippen LogP contribution is 2.22. The van der Waals surface area contributed by atoms with Crippen LogP contribution in [0.3, 0.4) is 0 Å². The molecule has 0 spiro atoms. The fraction of sp³-hybridized carbons (Fsp3) is 0.818.